The lowest BCUT2D eigenvalue weighted by molar-refractivity contribution is -0.168. The van der Waals surface area contributed by atoms with Crippen LogP contribution in [0, 0.1) is 41.4 Å². The van der Waals surface area contributed by atoms with E-state index in [-0.39, 0.29) is 12.8 Å². The minimum Gasteiger partial charge on any atom is -0.468 e. The van der Waals surface area contributed by atoms with Crippen LogP contribution in [0.3, 0.4) is 0 Å². The van der Waals surface area contributed by atoms with Gasteiger partial charge in [-0.05, 0) is 12.1 Å². The van der Waals surface area contributed by atoms with Crippen LogP contribution in [0.5, 0.6) is 0 Å². The van der Waals surface area contributed by atoms with Crippen molar-refractivity contribution >= 4 is 11.9 Å². The molecule has 25 heavy (non-hydrogen) atoms. The molecule has 0 saturated carbocycles. The smallest absolute Gasteiger partial charge is 0.325 e. The number of benzene rings is 1. The van der Waals surface area contributed by atoms with Gasteiger partial charge in [0, 0.05) is 18.4 Å². The predicted octanol–water partition coefficient (Wildman–Crippen LogP) is 1.15. The molecular weight excluding hydrogens is 320 g/mol. The summed E-state index contributed by atoms with van der Waals surface area (Å²) in [5.41, 5.74) is -0.980. The second-order valence-corrected chi connectivity index (χ2v) is 4.98. The van der Waals surface area contributed by atoms with Crippen molar-refractivity contribution in [2.45, 2.75) is 18.9 Å². The van der Waals surface area contributed by atoms with Gasteiger partial charge in [-0.2, -0.15) is 0 Å². The van der Waals surface area contributed by atoms with E-state index < -0.39 is 23.5 Å². The molecule has 0 aliphatic carbocycles. The Morgan fingerprint density at radius 1 is 1.12 bits per heavy atom. The first-order valence-corrected chi connectivity index (χ1v) is 7.33. The predicted molar refractivity (Wildman–Crippen MR) is 91.6 cm³/mol. The normalized spacial score (nSPS) is 10.8. The zero-order chi connectivity index (χ0) is 18.7. The fraction of sp³-hybridized carbons (Fsp3) is 0.300. The zero-order valence-corrected chi connectivity index (χ0v) is 14.0. The van der Waals surface area contributed by atoms with Crippen LogP contribution in [0.25, 0.3) is 0 Å². The number of methoxy groups -OCH3 is 2. The molecule has 128 valence electrons. The fourth-order valence-corrected chi connectivity index (χ4v) is 1.98. The van der Waals surface area contributed by atoms with Crippen molar-refractivity contribution < 1.29 is 24.2 Å². The summed E-state index contributed by atoms with van der Waals surface area (Å²) in [5, 5.41) is 9.30. The van der Waals surface area contributed by atoms with Gasteiger partial charge >= 0.3 is 11.9 Å². The molecule has 0 radical (unpaired) electrons. The van der Waals surface area contributed by atoms with Crippen molar-refractivity contribution in [2.75, 3.05) is 14.2 Å². The number of aliphatic hydroxyl groups is 1. The van der Waals surface area contributed by atoms with Crippen LogP contribution in [-0.4, -0.2) is 37.4 Å². The van der Waals surface area contributed by atoms with Crippen LogP contribution in [0.4, 0.5) is 0 Å². The summed E-state index contributed by atoms with van der Waals surface area (Å²) in [4.78, 5) is 24.5. The quantitative estimate of drug-likeness (QED) is 0.506. The lowest BCUT2D eigenvalue weighted by Crippen LogP contribution is -2.41. The van der Waals surface area contributed by atoms with Crippen LogP contribution in [0.15, 0.2) is 30.3 Å². The maximum atomic E-state index is 12.3. The van der Waals surface area contributed by atoms with Gasteiger partial charge in [0.1, 0.15) is 0 Å². The van der Waals surface area contributed by atoms with Gasteiger partial charge in [0.2, 0.25) is 0 Å². The van der Waals surface area contributed by atoms with Crippen molar-refractivity contribution in [1.82, 2.24) is 0 Å². The maximum absolute atomic E-state index is 12.3. The summed E-state index contributed by atoms with van der Waals surface area (Å²) in [6, 6.07) is 9.10. The molecule has 0 fully saturated rings. The third-order valence-electron chi connectivity index (χ3n) is 3.34. The fourth-order valence-electron chi connectivity index (χ4n) is 1.98. The van der Waals surface area contributed by atoms with Gasteiger partial charge in [-0.25, -0.2) is 0 Å². The van der Waals surface area contributed by atoms with Crippen LogP contribution < -0.4 is 0 Å². The van der Waals surface area contributed by atoms with Gasteiger partial charge in [-0.1, -0.05) is 47.8 Å². The molecule has 1 unspecified atom stereocenters. The van der Waals surface area contributed by atoms with E-state index in [0.29, 0.717) is 0 Å². The Morgan fingerprint density at radius 2 is 1.68 bits per heavy atom. The summed E-state index contributed by atoms with van der Waals surface area (Å²) in [5.74, 6) is 11.0. The molecule has 1 aromatic rings. The summed E-state index contributed by atoms with van der Waals surface area (Å²) in [6.45, 7) is 0. The number of carbonyl (C=O) groups excluding carboxylic acids is 2. The summed E-state index contributed by atoms with van der Waals surface area (Å²) in [7, 11) is 2.32. The Balaban J connectivity index is 3.17. The van der Waals surface area contributed by atoms with Gasteiger partial charge < -0.3 is 14.6 Å². The first kappa shape index (κ1) is 19.8. The number of rotatable bonds is 4. The highest BCUT2D eigenvalue weighted by molar-refractivity contribution is 6.00. The lowest BCUT2D eigenvalue weighted by Gasteiger charge is -2.24. The molecule has 1 aromatic carbocycles. The van der Waals surface area contributed by atoms with Crippen LogP contribution in [0.1, 0.15) is 18.4 Å². The average molecular weight is 338 g/mol. The SMILES string of the molecule is C#CC(O)C#CCC(CC#Cc1ccccc1)(C(=O)OC)C(=O)OC. The van der Waals surface area contributed by atoms with Gasteiger partial charge in [0.15, 0.2) is 11.5 Å². The molecule has 0 heterocycles. The molecule has 1 rings (SSSR count). The first-order chi connectivity index (χ1) is 12.0. The van der Waals surface area contributed by atoms with E-state index in [9.17, 15) is 14.7 Å². The monoisotopic (exact) mass is 338 g/mol. The number of hydrogen-bond acceptors (Lipinski definition) is 5. The topological polar surface area (TPSA) is 72.8 Å². The van der Waals surface area contributed by atoms with E-state index in [1.165, 1.54) is 0 Å². The number of ether oxygens (including phenoxy) is 2. The summed E-state index contributed by atoms with van der Waals surface area (Å²) in [6.07, 6.45) is 3.35. The Bertz CT molecular complexity index is 750. The average Bonchev–Trinajstić information content (AvgIpc) is 2.66. The highest BCUT2D eigenvalue weighted by Gasteiger charge is 2.47. The van der Waals surface area contributed by atoms with Crippen LogP contribution >= 0.6 is 0 Å². The summed E-state index contributed by atoms with van der Waals surface area (Å²) < 4.78 is 9.49. The molecule has 0 bridgehead atoms. The van der Waals surface area contributed by atoms with Crippen LogP contribution in [0.2, 0.25) is 0 Å². The van der Waals surface area contributed by atoms with Gasteiger partial charge in [0.05, 0.1) is 14.2 Å². The Labute approximate surface area is 147 Å². The lowest BCUT2D eigenvalue weighted by atomic mass is 9.81. The van der Waals surface area contributed by atoms with E-state index in [2.05, 4.69) is 23.7 Å². The second-order valence-electron chi connectivity index (χ2n) is 4.98. The van der Waals surface area contributed by atoms with E-state index in [4.69, 9.17) is 15.9 Å². The van der Waals surface area contributed by atoms with Crippen LogP contribution in [-0.2, 0) is 19.1 Å². The Morgan fingerprint density at radius 3 is 2.20 bits per heavy atom. The number of aliphatic hydroxyl groups excluding tert-OH is 1. The third-order valence-corrected chi connectivity index (χ3v) is 3.34. The number of esters is 2. The highest BCUT2D eigenvalue weighted by atomic mass is 16.5. The standard InChI is InChI=1S/C20H18O5/c1-4-17(21)13-9-15-20(18(22)24-2,19(23)25-3)14-8-12-16-10-6-5-7-11-16/h1,5-7,10-11,17,21H,14-15H2,2-3H3. The molecule has 0 amide bonds. The molecule has 5 nitrogen and oxygen atoms in total. The van der Waals surface area contributed by atoms with E-state index >= 15 is 0 Å². The third kappa shape index (κ3) is 5.43. The Hall–Kier alpha value is -3.20. The van der Waals surface area contributed by atoms with Crippen molar-refractivity contribution in [3.05, 3.63) is 35.9 Å². The number of carbonyl (C=O) groups is 2. The molecule has 0 spiro atoms. The largest absolute Gasteiger partial charge is 0.468 e. The van der Waals surface area contributed by atoms with Crippen molar-refractivity contribution in [3.63, 3.8) is 0 Å². The van der Waals surface area contributed by atoms with Crippen molar-refractivity contribution in [2.24, 2.45) is 5.41 Å². The first-order valence-electron chi connectivity index (χ1n) is 7.33. The molecule has 0 aliphatic rings. The summed E-state index contributed by atoms with van der Waals surface area (Å²) >= 11 is 0. The van der Waals surface area contributed by atoms with E-state index in [1.807, 2.05) is 24.1 Å². The zero-order valence-electron chi connectivity index (χ0n) is 14.0. The minimum absolute atomic E-state index is 0.151. The molecule has 0 aromatic heterocycles. The van der Waals surface area contributed by atoms with Crippen molar-refractivity contribution in [1.29, 1.82) is 0 Å². The van der Waals surface area contributed by atoms with Gasteiger partial charge in [-0.3, -0.25) is 9.59 Å². The second kappa shape index (κ2) is 9.83. The van der Waals surface area contributed by atoms with E-state index in [0.717, 1.165) is 19.8 Å². The highest BCUT2D eigenvalue weighted by Crippen LogP contribution is 2.29. The Kier molecular flexibility index (Phi) is 7.80. The molecule has 0 aliphatic heterocycles. The molecule has 0 saturated heterocycles. The molecule has 5 heteroatoms. The van der Waals surface area contributed by atoms with E-state index in [1.54, 1.807) is 12.1 Å². The van der Waals surface area contributed by atoms with Gasteiger partial charge in [-0.15, -0.1) is 6.42 Å². The molecule has 1 N–H and O–H groups in total. The maximum Gasteiger partial charge on any atom is 0.325 e. The minimum atomic E-state index is -1.72. The number of terminal acetylenes is 1. The van der Waals surface area contributed by atoms with Crippen molar-refractivity contribution in [3.8, 4) is 36.0 Å². The molecule has 1 atom stereocenters. The number of hydrogen-bond donors (Lipinski definition) is 1. The van der Waals surface area contributed by atoms with Gasteiger partial charge in [0.25, 0.3) is 0 Å². The molecular formula is C20H18O5.